The molecule has 0 amide bonds. The molecule has 0 aromatic carbocycles. The lowest BCUT2D eigenvalue weighted by atomic mass is 9.97. The van der Waals surface area contributed by atoms with Gasteiger partial charge in [-0.2, -0.15) is 0 Å². The minimum absolute atomic E-state index is 0. The maximum atomic E-state index is 11.6. The fourth-order valence-corrected chi connectivity index (χ4v) is 3.53. The van der Waals surface area contributed by atoms with Crippen molar-refractivity contribution in [3.63, 3.8) is 0 Å². The molecule has 1 aromatic rings. The molecule has 0 unspecified atom stereocenters. The molecule has 136 valence electrons. The maximum absolute atomic E-state index is 11.6. The van der Waals surface area contributed by atoms with Crippen molar-refractivity contribution in [2.45, 2.75) is 40.2 Å². The monoisotopic (exact) mass is 466 g/mol. The van der Waals surface area contributed by atoms with Gasteiger partial charge in [-0.15, -0.1) is 35.3 Å². The first kappa shape index (κ1) is 21.1. The van der Waals surface area contributed by atoms with Crippen LogP contribution in [-0.2, 0) is 16.1 Å². The van der Waals surface area contributed by atoms with Crippen molar-refractivity contribution in [2.75, 3.05) is 26.7 Å². The number of aryl methyl sites for hydroxylation is 2. The number of piperidine rings is 1. The number of halogens is 1. The van der Waals surface area contributed by atoms with Crippen molar-refractivity contribution in [1.29, 1.82) is 0 Å². The standard InChI is InChI=1S/C16H26N4O2S.HI/c1-5-17-16(18-10-14-19-11(2)12(3)23-14)20-8-6-13(7-9-20)15(21)22-4;/h13H,5-10H2,1-4H3,(H,17,18);1H. The van der Waals surface area contributed by atoms with Gasteiger partial charge in [0.2, 0.25) is 0 Å². The number of rotatable bonds is 4. The average Bonchev–Trinajstić information content (AvgIpc) is 2.89. The summed E-state index contributed by atoms with van der Waals surface area (Å²) in [5.74, 6) is 0.824. The Morgan fingerprint density at radius 2 is 2.08 bits per heavy atom. The number of carbonyl (C=O) groups excluding carboxylic acids is 1. The molecule has 0 radical (unpaired) electrons. The zero-order valence-electron chi connectivity index (χ0n) is 14.8. The first-order valence-corrected chi connectivity index (χ1v) is 8.90. The van der Waals surface area contributed by atoms with Crippen LogP contribution >= 0.6 is 35.3 Å². The van der Waals surface area contributed by atoms with Gasteiger partial charge in [0.25, 0.3) is 0 Å². The number of likely N-dealkylation sites (tertiary alicyclic amines) is 1. The van der Waals surface area contributed by atoms with Gasteiger partial charge in [-0.05, 0) is 33.6 Å². The number of carbonyl (C=O) groups is 1. The molecular formula is C16H27IN4O2S. The van der Waals surface area contributed by atoms with E-state index in [-0.39, 0.29) is 35.9 Å². The lowest BCUT2D eigenvalue weighted by molar-refractivity contribution is -0.146. The van der Waals surface area contributed by atoms with Crippen molar-refractivity contribution in [3.05, 3.63) is 15.6 Å². The number of ether oxygens (including phenoxy) is 1. The van der Waals surface area contributed by atoms with E-state index in [4.69, 9.17) is 9.73 Å². The second-order valence-corrected chi connectivity index (χ2v) is 6.99. The summed E-state index contributed by atoms with van der Waals surface area (Å²) >= 11 is 1.70. The van der Waals surface area contributed by atoms with Crippen molar-refractivity contribution in [2.24, 2.45) is 10.9 Å². The van der Waals surface area contributed by atoms with Gasteiger partial charge in [0.15, 0.2) is 5.96 Å². The Morgan fingerprint density at radius 3 is 2.58 bits per heavy atom. The topological polar surface area (TPSA) is 66.8 Å². The highest BCUT2D eigenvalue weighted by Gasteiger charge is 2.26. The lowest BCUT2D eigenvalue weighted by Gasteiger charge is -2.33. The molecule has 0 aliphatic carbocycles. The Morgan fingerprint density at radius 1 is 1.42 bits per heavy atom. The van der Waals surface area contributed by atoms with E-state index in [2.05, 4.69) is 29.0 Å². The van der Waals surface area contributed by atoms with E-state index in [1.165, 1.54) is 12.0 Å². The molecule has 1 aliphatic heterocycles. The third-order valence-electron chi connectivity index (χ3n) is 4.10. The van der Waals surface area contributed by atoms with Crippen molar-refractivity contribution >= 4 is 47.2 Å². The van der Waals surface area contributed by atoms with Gasteiger partial charge >= 0.3 is 5.97 Å². The molecular weight excluding hydrogens is 439 g/mol. The second kappa shape index (κ2) is 10.2. The summed E-state index contributed by atoms with van der Waals surface area (Å²) in [4.78, 5) is 24.3. The first-order chi connectivity index (χ1) is 11.0. The van der Waals surface area contributed by atoms with E-state index in [1.807, 2.05) is 6.92 Å². The second-order valence-electron chi connectivity index (χ2n) is 5.70. The maximum Gasteiger partial charge on any atom is 0.308 e. The summed E-state index contributed by atoms with van der Waals surface area (Å²) in [5.41, 5.74) is 1.09. The van der Waals surface area contributed by atoms with Crippen molar-refractivity contribution in [1.82, 2.24) is 15.2 Å². The molecule has 0 bridgehead atoms. The quantitative estimate of drug-likeness (QED) is 0.320. The Balaban J connectivity index is 0.00000288. The smallest absolute Gasteiger partial charge is 0.308 e. The van der Waals surface area contributed by atoms with Gasteiger partial charge in [-0.1, -0.05) is 0 Å². The summed E-state index contributed by atoms with van der Waals surface area (Å²) in [6.45, 7) is 9.24. The van der Waals surface area contributed by atoms with Gasteiger partial charge in [-0.3, -0.25) is 4.79 Å². The Bertz CT molecular complexity index is 549. The average molecular weight is 466 g/mol. The number of esters is 1. The van der Waals surface area contributed by atoms with E-state index >= 15 is 0 Å². The van der Waals surface area contributed by atoms with Crippen molar-refractivity contribution < 1.29 is 9.53 Å². The minimum Gasteiger partial charge on any atom is -0.469 e. The molecule has 2 rings (SSSR count). The molecule has 0 atom stereocenters. The molecule has 1 N–H and O–H groups in total. The Kier molecular flexibility index (Phi) is 8.96. The van der Waals surface area contributed by atoms with Crippen LogP contribution in [0.4, 0.5) is 0 Å². The predicted molar refractivity (Wildman–Crippen MR) is 108 cm³/mol. The number of aliphatic imine (C=N–C) groups is 1. The number of nitrogens with one attached hydrogen (secondary N) is 1. The molecule has 0 spiro atoms. The molecule has 1 aromatic heterocycles. The highest BCUT2D eigenvalue weighted by molar-refractivity contribution is 14.0. The zero-order valence-corrected chi connectivity index (χ0v) is 17.9. The third-order valence-corrected chi connectivity index (χ3v) is 5.16. The molecule has 1 saturated heterocycles. The van der Waals surface area contributed by atoms with E-state index < -0.39 is 0 Å². The van der Waals surface area contributed by atoms with Gasteiger partial charge in [-0.25, -0.2) is 9.98 Å². The normalized spacial score (nSPS) is 15.8. The highest BCUT2D eigenvalue weighted by Crippen LogP contribution is 2.20. The summed E-state index contributed by atoms with van der Waals surface area (Å²) < 4.78 is 4.84. The number of methoxy groups -OCH3 is 1. The fourth-order valence-electron chi connectivity index (χ4n) is 2.67. The Hall–Kier alpha value is -0.900. The van der Waals surface area contributed by atoms with Gasteiger partial charge in [0, 0.05) is 24.5 Å². The van der Waals surface area contributed by atoms with E-state index in [1.54, 1.807) is 11.3 Å². The molecule has 2 heterocycles. The predicted octanol–water partition coefficient (Wildman–Crippen LogP) is 2.73. The Labute approximate surface area is 165 Å². The van der Waals surface area contributed by atoms with Gasteiger partial charge in [0.05, 0.1) is 25.3 Å². The van der Waals surface area contributed by atoms with E-state index in [9.17, 15) is 4.79 Å². The van der Waals surface area contributed by atoms with Crippen LogP contribution in [0.2, 0.25) is 0 Å². The number of hydrogen-bond donors (Lipinski definition) is 1. The van der Waals surface area contributed by atoms with Crippen LogP contribution in [0, 0.1) is 19.8 Å². The summed E-state index contributed by atoms with van der Waals surface area (Å²) in [6.07, 6.45) is 1.62. The first-order valence-electron chi connectivity index (χ1n) is 8.09. The van der Waals surface area contributed by atoms with Crippen LogP contribution in [0.5, 0.6) is 0 Å². The number of nitrogens with zero attached hydrogens (tertiary/aromatic N) is 3. The molecule has 24 heavy (non-hydrogen) atoms. The number of hydrogen-bond acceptors (Lipinski definition) is 5. The molecule has 8 heteroatoms. The van der Waals surface area contributed by atoms with Gasteiger partial charge < -0.3 is 15.0 Å². The lowest BCUT2D eigenvalue weighted by Crippen LogP contribution is -2.46. The molecule has 0 saturated carbocycles. The van der Waals surface area contributed by atoms with E-state index in [0.29, 0.717) is 6.54 Å². The number of thiazole rings is 1. The van der Waals surface area contributed by atoms with Crippen LogP contribution < -0.4 is 5.32 Å². The zero-order chi connectivity index (χ0) is 16.8. The van der Waals surface area contributed by atoms with Crippen LogP contribution in [0.25, 0.3) is 0 Å². The summed E-state index contributed by atoms with van der Waals surface area (Å²) in [7, 11) is 1.46. The minimum atomic E-state index is -0.0969. The largest absolute Gasteiger partial charge is 0.469 e. The number of aromatic nitrogens is 1. The molecule has 1 aliphatic rings. The van der Waals surface area contributed by atoms with Crippen LogP contribution in [0.1, 0.15) is 35.3 Å². The summed E-state index contributed by atoms with van der Waals surface area (Å²) in [6, 6.07) is 0. The van der Waals surface area contributed by atoms with Crippen LogP contribution in [-0.4, -0.2) is 48.6 Å². The molecule has 1 fully saturated rings. The SMILES string of the molecule is CCNC(=NCc1nc(C)c(C)s1)N1CCC(C(=O)OC)CC1.I. The molecule has 6 nitrogen and oxygen atoms in total. The van der Waals surface area contributed by atoms with Crippen LogP contribution in [0.3, 0.4) is 0 Å². The fraction of sp³-hybridized carbons (Fsp3) is 0.688. The van der Waals surface area contributed by atoms with Crippen molar-refractivity contribution in [3.8, 4) is 0 Å². The van der Waals surface area contributed by atoms with E-state index in [0.717, 1.165) is 49.1 Å². The highest BCUT2D eigenvalue weighted by atomic mass is 127. The van der Waals surface area contributed by atoms with Gasteiger partial charge in [0.1, 0.15) is 5.01 Å². The third kappa shape index (κ3) is 5.58. The van der Waals surface area contributed by atoms with Crippen LogP contribution in [0.15, 0.2) is 4.99 Å². The number of guanidine groups is 1. The summed E-state index contributed by atoms with van der Waals surface area (Å²) in [5, 5.41) is 4.38.